The molecule has 5 heteroatoms. The van der Waals surface area contributed by atoms with Crippen LogP contribution in [0.1, 0.15) is 17.7 Å². The minimum atomic E-state index is 0.279. The van der Waals surface area contributed by atoms with E-state index >= 15 is 0 Å². The van der Waals surface area contributed by atoms with E-state index in [9.17, 15) is 0 Å². The van der Waals surface area contributed by atoms with E-state index in [-0.39, 0.29) is 6.61 Å². The van der Waals surface area contributed by atoms with Crippen molar-refractivity contribution >= 4 is 11.8 Å². The number of nitriles is 1. The topological polar surface area (TPSA) is 61.0 Å². The van der Waals surface area contributed by atoms with Crippen LogP contribution in [0.25, 0.3) is 0 Å². The number of aryl methyl sites for hydroxylation is 1. The molecule has 94 valence electrons. The standard InChI is InChI=1S/C12H19N3OS/c1-15-10-11(7-12(15)8-13)9-14-3-6-17-5-2-4-16/h7,10,14,16H,2-6,9H2,1H3. The van der Waals surface area contributed by atoms with Gasteiger partial charge >= 0.3 is 0 Å². The Kier molecular flexibility index (Phi) is 6.78. The van der Waals surface area contributed by atoms with E-state index in [1.165, 1.54) is 0 Å². The zero-order valence-electron chi connectivity index (χ0n) is 10.1. The van der Waals surface area contributed by atoms with Crippen LogP contribution in [0.15, 0.2) is 12.3 Å². The van der Waals surface area contributed by atoms with Crippen LogP contribution >= 0.6 is 11.8 Å². The van der Waals surface area contributed by atoms with Gasteiger partial charge in [-0.1, -0.05) is 0 Å². The molecule has 1 heterocycles. The van der Waals surface area contributed by atoms with Crippen LogP contribution in [-0.4, -0.2) is 34.3 Å². The Morgan fingerprint density at radius 3 is 3.00 bits per heavy atom. The first-order valence-electron chi connectivity index (χ1n) is 5.72. The second-order valence-corrected chi connectivity index (χ2v) is 5.05. The first-order chi connectivity index (χ1) is 8.27. The SMILES string of the molecule is Cn1cc(CNCCSCCCO)cc1C#N. The zero-order valence-corrected chi connectivity index (χ0v) is 11.0. The molecule has 1 aromatic rings. The van der Waals surface area contributed by atoms with E-state index in [2.05, 4.69) is 11.4 Å². The Morgan fingerprint density at radius 1 is 1.53 bits per heavy atom. The lowest BCUT2D eigenvalue weighted by Gasteiger charge is -2.02. The molecule has 1 aromatic heterocycles. The lowest BCUT2D eigenvalue weighted by molar-refractivity contribution is 0.296. The van der Waals surface area contributed by atoms with Gasteiger partial charge in [-0.2, -0.15) is 17.0 Å². The van der Waals surface area contributed by atoms with Crippen molar-refractivity contribution in [1.82, 2.24) is 9.88 Å². The molecule has 0 radical (unpaired) electrons. The molecule has 0 aliphatic heterocycles. The van der Waals surface area contributed by atoms with Crippen LogP contribution in [-0.2, 0) is 13.6 Å². The summed E-state index contributed by atoms with van der Waals surface area (Å²) in [6.45, 7) is 2.03. The van der Waals surface area contributed by atoms with Crippen LogP contribution in [0.3, 0.4) is 0 Å². The third kappa shape index (κ3) is 5.26. The van der Waals surface area contributed by atoms with Crippen LogP contribution in [0.2, 0.25) is 0 Å². The lowest BCUT2D eigenvalue weighted by atomic mass is 10.3. The molecule has 2 N–H and O–H groups in total. The van der Waals surface area contributed by atoms with E-state index in [0.717, 1.165) is 36.6 Å². The highest BCUT2D eigenvalue weighted by atomic mass is 32.2. The minimum absolute atomic E-state index is 0.279. The molecular weight excluding hydrogens is 234 g/mol. The fourth-order valence-electron chi connectivity index (χ4n) is 1.49. The van der Waals surface area contributed by atoms with E-state index < -0.39 is 0 Å². The van der Waals surface area contributed by atoms with Crippen LogP contribution < -0.4 is 5.32 Å². The summed E-state index contributed by atoms with van der Waals surface area (Å²) in [5.74, 6) is 2.07. The first-order valence-corrected chi connectivity index (χ1v) is 6.88. The Bertz CT molecular complexity index is 370. The highest BCUT2D eigenvalue weighted by Crippen LogP contribution is 2.06. The summed E-state index contributed by atoms with van der Waals surface area (Å²) in [4.78, 5) is 0. The van der Waals surface area contributed by atoms with Crippen molar-refractivity contribution in [3.63, 3.8) is 0 Å². The molecule has 1 rings (SSSR count). The Morgan fingerprint density at radius 2 is 2.35 bits per heavy atom. The summed E-state index contributed by atoms with van der Waals surface area (Å²) < 4.78 is 1.84. The van der Waals surface area contributed by atoms with Gasteiger partial charge in [-0.05, 0) is 23.8 Å². The number of aliphatic hydroxyl groups is 1. The smallest absolute Gasteiger partial charge is 0.120 e. The van der Waals surface area contributed by atoms with E-state index in [0.29, 0.717) is 5.69 Å². The van der Waals surface area contributed by atoms with Gasteiger partial charge in [-0.3, -0.25) is 0 Å². The molecule has 0 fully saturated rings. The summed E-state index contributed by atoms with van der Waals surface area (Å²) >= 11 is 1.85. The number of nitrogens with one attached hydrogen (secondary N) is 1. The number of rotatable bonds is 8. The van der Waals surface area contributed by atoms with E-state index in [4.69, 9.17) is 10.4 Å². The molecule has 0 saturated carbocycles. The predicted molar refractivity (Wildman–Crippen MR) is 70.9 cm³/mol. The van der Waals surface area contributed by atoms with Crippen molar-refractivity contribution in [3.05, 3.63) is 23.5 Å². The van der Waals surface area contributed by atoms with Crippen molar-refractivity contribution < 1.29 is 5.11 Å². The first kappa shape index (κ1) is 14.1. The molecule has 0 aliphatic rings. The van der Waals surface area contributed by atoms with Crippen molar-refractivity contribution in [3.8, 4) is 6.07 Å². The van der Waals surface area contributed by atoms with Crippen LogP contribution in [0, 0.1) is 11.3 Å². The molecule has 0 aromatic carbocycles. The highest BCUT2D eigenvalue weighted by molar-refractivity contribution is 7.99. The van der Waals surface area contributed by atoms with Crippen molar-refractivity contribution in [2.24, 2.45) is 7.05 Å². The number of hydrogen-bond donors (Lipinski definition) is 2. The molecule has 17 heavy (non-hydrogen) atoms. The molecule has 0 atom stereocenters. The Labute approximate surface area is 107 Å². The predicted octanol–water partition coefficient (Wildman–Crippen LogP) is 1.10. The number of aromatic nitrogens is 1. The van der Waals surface area contributed by atoms with Crippen LogP contribution in [0.4, 0.5) is 0 Å². The second-order valence-electron chi connectivity index (χ2n) is 3.82. The van der Waals surface area contributed by atoms with E-state index in [1.54, 1.807) is 0 Å². The fourth-order valence-corrected chi connectivity index (χ4v) is 2.31. The number of aliphatic hydroxyl groups excluding tert-OH is 1. The zero-order chi connectivity index (χ0) is 12.5. The van der Waals surface area contributed by atoms with Gasteiger partial charge in [0.15, 0.2) is 0 Å². The Balaban J connectivity index is 2.12. The third-order valence-corrected chi connectivity index (χ3v) is 3.45. The molecule has 0 spiro atoms. The summed E-state index contributed by atoms with van der Waals surface area (Å²) in [5, 5.41) is 20.8. The molecule has 0 saturated heterocycles. The molecule has 4 nitrogen and oxygen atoms in total. The van der Waals surface area contributed by atoms with E-state index in [1.807, 2.05) is 35.6 Å². The van der Waals surface area contributed by atoms with Gasteiger partial charge in [0.1, 0.15) is 11.8 Å². The summed E-state index contributed by atoms with van der Waals surface area (Å²) in [6.07, 6.45) is 2.85. The average molecular weight is 253 g/mol. The van der Waals surface area contributed by atoms with Crippen molar-refractivity contribution in [1.29, 1.82) is 5.26 Å². The van der Waals surface area contributed by atoms with Gasteiger partial charge in [0, 0.05) is 38.7 Å². The molecule has 0 unspecified atom stereocenters. The Hall–Kier alpha value is -0.960. The maximum atomic E-state index is 8.81. The molecular formula is C12H19N3OS. The maximum Gasteiger partial charge on any atom is 0.120 e. The summed E-state index contributed by atoms with van der Waals surface area (Å²) in [7, 11) is 1.88. The normalized spacial score (nSPS) is 10.4. The molecule has 0 bridgehead atoms. The average Bonchev–Trinajstić information content (AvgIpc) is 2.68. The van der Waals surface area contributed by atoms with Crippen molar-refractivity contribution in [2.75, 3.05) is 24.7 Å². The van der Waals surface area contributed by atoms with Gasteiger partial charge < -0.3 is 15.0 Å². The monoisotopic (exact) mass is 253 g/mol. The van der Waals surface area contributed by atoms with Gasteiger partial charge in [0.2, 0.25) is 0 Å². The number of nitrogens with zero attached hydrogens (tertiary/aromatic N) is 2. The third-order valence-electron chi connectivity index (χ3n) is 2.38. The molecule has 0 aliphatic carbocycles. The van der Waals surface area contributed by atoms with Gasteiger partial charge in [0.25, 0.3) is 0 Å². The lowest BCUT2D eigenvalue weighted by Crippen LogP contribution is -2.16. The number of thioether (sulfide) groups is 1. The minimum Gasteiger partial charge on any atom is -0.396 e. The molecule has 0 amide bonds. The van der Waals surface area contributed by atoms with Gasteiger partial charge in [-0.25, -0.2) is 0 Å². The number of hydrogen-bond acceptors (Lipinski definition) is 4. The fraction of sp³-hybridized carbons (Fsp3) is 0.583. The summed E-state index contributed by atoms with van der Waals surface area (Å²) in [6, 6.07) is 4.06. The quantitative estimate of drug-likeness (QED) is 0.681. The van der Waals surface area contributed by atoms with Gasteiger partial charge in [0.05, 0.1) is 0 Å². The largest absolute Gasteiger partial charge is 0.396 e. The second kappa shape index (κ2) is 8.18. The highest BCUT2D eigenvalue weighted by Gasteiger charge is 2.01. The van der Waals surface area contributed by atoms with Gasteiger partial charge in [-0.15, -0.1) is 0 Å². The summed E-state index contributed by atoms with van der Waals surface area (Å²) in [5.41, 5.74) is 1.84. The van der Waals surface area contributed by atoms with Crippen LogP contribution in [0.5, 0.6) is 0 Å². The maximum absolute atomic E-state index is 8.81. The van der Waals surface area contributed by atoms with Crippen molar-refractivity contribution in [2.45, 2.75) is 13.0 Å².